The summed E-state index contributed by atoms with van der Waals surface area (Å²) in [6, 6.07) is 0. The van der Waals surface area contributed by atoms with Gasteiger partial charge in [0.1, 0.15) is 22.4 Å². The Balaban J connectivity index is 1.60. The maximum Gasteiger partial charge on any atom is 0.273 e. The highest BCUT2D eigenvalue weighted by Crippen LogP contribution is 2.46. The zero-order valence-electron chi connectivity index (χ0n) is 18.3. The first kappa shape index (κ1) is 24.6. The van der Waals surface area contributed by atoms with Crippen LogP contribution in [0.1, 0.15) is 42.9 Å². The Morgan fingerprint density at radius 2 is 1.56 bits per heavy atom. The van der Waals surface area contributed by atoms with Crippen molar-refractivity contribution < 1.29 is 9.21 Å². The van der Waals surface area contributed by atoms with Crippen molar-refractivity contribution >= 4 is 88.2 Å². The number of carbonyl (C=O) groups excluding carboxylic acids is 1. The molecule has 1 N–H and O–H groups in total. The molecule has 0 fully saturated rings. The number of aliphatic imine (C=N–C) groups is 3. The minimum atomic E-state index is -0.631. The summed E-state index contributed by atoms with van der Waals surface area (Å²) >= 11 is 12.0. The first-order chi connectivity index (χ1) is 15.0. The number of oxazole rings is 1. The van der Waals surface area contributed by atoms with Gasteiger partial charge in [-0.2, -0.15) is 0 Å². The molecule has 0 aliphatic carbocycles. The van der Waals surface area contributed by atoms with Gasteiger partial charge >= 0.3 is 0 Å². The Hall–Kier alpha value is -0.560. The second-order valence-electron chi connectivity index (χ2n) is 8.41. The molecule has 1 amide bonds. The van der Waals surface area contributed by atoms with Crippen LogP contribution in [-0.4, -0.2) is 61.4 Å². The minimum absolute atomic E-state index is 0.256. The molecular weight excluding hydrogens is 598 g/mol. The van der Waals surface area contributed by atoms with Gasteiger partial charge in [0.05, 0.1) is 18.5 Å². The molecular formula is C20H23Br2N5O2S3. The van der Waals surface area contributed by atoms with E-state index in [2.05, 4.69) is 56.0 Å². The van der Waals surface area contributed by atoms with Gasteiger partial charge in [0, 0.05) is 24.3 Å². The van der Waals surface area contributed by atoms with Crippen LogP contribution in [0.25, 0.3) is 0 Å². The van der Waals surface area contributed by atoms with E-state index in [0.717, 1.165) is 30.0 Å². The monoisotopic (exact) mass is 619 g/mol. The van der Waals surface area contributed by atoms with Crippen molar-refractivity contribution in [3.8, 4) is 0 Å². The standard InChI is InChI=1S/C20H23Br2N5O2S3/c1-10-13(14(28)23-5)24-15(29-10)18(2)7-31-17(26-18)20(4)9-32-16(27-20)19(3)8-30-12(25-19)6-11(21)22/h6H,7-9H2,1-5H3,(H,23,28)/t18-,19-,20-/m0/s1. The lowest BCUT2D eigenvalue weighted by Gasteiger charge is -2.21. The summed E-state index contributed by atoms with van der Waals surface area (Å²) in [7, 11) is 1.58. The molecule has 0 spiro atoms. The van der Waals surface area contributed by atoms with Gasteiger partial charge in [-0.15, -0.1) is 35.3 Å². The van der Waals surface area contributed by atoms with Crippen molar-refractivity contribution in [2.24, 2.45) is 15.0 Å². The predicted octanol–water partition coefficient (Wildman–Crippen LogP) is 5.14. The maximum atomic E-state index is 12.0. The smallest absolute Gasteiger partial charge is 0.273 e. The second kappa shape index (κ2) is 8.90. The molecule has 3 aliphatic heterocycles. The molecule has 32 heavy (non-hydrogen) atoms. The Morgan fingerprint density at radius 1 is 1.00 bits per heavy atom. The molecule has 0 saturated carbocycles. The first-order valence-electron chi connectivity index (χ1n) is 9.90. The average Bonchev–Trinajstić information content (AvgIpc) is 3.49. The van der Waals surface area contributed by atoms with Crippen LogP contribution in [0.3, 0.4) is 0 Å². The van der Waals surface area contributed by atoms with Gasteiger partial charge in [0.25, 0.3) is 5.91 Å². The van der Waals surface area contributed by atoms with E-state index in [-0.39, 0.29) is 11.4 Å². The van der Waals surface area contributed by atoms with Crippen LogP contribution in [0, 0.1) is 6.92 Å². The zero-order valence-corrected chi connectivity index (χ0v) is 23.9. The van der Waals surface area contributed by atoms with Gasteiger partial charge in [-0.1, -0.05) is 0 Å². The summed E-state index contributed by atoms with van der Waals surface area (Å²) in [4.78, 5) is 31.6. The van der Waals surface area contributed by atoms with Crippen LogP contribution in [0.4, 0.5) is 0 Å². The quantitative estimate of drug-likeness (QED) is 0.490. The number of rotatable bonds is 5. The van der Waals surface area contributed by atoms with Crippen molar-refractivity contribution in [3.05, 3.63) is 26.8 Å². The number of nitrogens with zero attached hydrogens (tertiary/aromatic N) is 4. The van der Waals surface area contributed by atoms with Crippen LogP contribution < -0.4 is 5.32 Å². The van der Waals surface area contributed by atoms with E-state index in [1.807, 2.05) is 13.0 Å². The number of carbonyl (C=O) groups is 1. The fourth-order valence-corrected chi connectivity index (χ4v) is 8.15. The first-order valence-corrected chi connectivity index (χ1v) is 14.4. The molecule has 4 heterocycles. The molecule has 3 atom stereocenters. The summed E-state index contributed by atoms with van der Waals surface area (Å²) < 4.78 is 6.74. The van der Waals surface area contributed by atoms with Crippen LogP contribution in [-0.2, 0) is 5.54 Å². The van der Waals surface area contributed by atoms with Crippen LogP contribution in [0.5, 0.6) is 0 Å². The molecule has 12 heteroatoms. The van der Waals surface area contributed by atoms with Gasteiger partial charge in [-0.3, -0.25) is 19.8 Å². The molecule has 0 aromatic carbocycles. The normalized spacial score (nSPS) is 31.9. The average molecular weight is 621 g/mol. The molecule has 3 aliphatic rings. The highest BCUT2D eigenvalue weighted by Gasteiger charge is 2.48. The zero-order chi connectivity index (χ0) is 23.3. The molecule has 1 aromatic heterocycles. The van der Waals surface area contributed by atoms with Crippen molar-refractivity contribution in [3.63, 3.8) is 0 Å². The summed E-state index contributed by atoms with van der Waals surface area (Å²) in [5, 5.41) is 5.61. The van der Waals surface area contributed by atoms with Gasteiger partial charge in [-0.25, -0.2) is 4.98 Å². The van der Waals surface area contributed by atoms with E-state index in [0.29, 0.717) is 23.1 Å². The highest BCUT2D eigenvalue weighted by atomic mass is 79.9. The van der Waals surface area contributed by atoms with E-state index in [4.69, 9.17) is 19.4 Å². The largest absolute Gasteiger partial charge is 0.442 e. The number of hydrogen-bond donors (Lipinski definition) is 1. The van der Waals surface area contributed by atoms with E-state index >= 15 is 0 Å². The van der Waals surface area contributed by atoms with Crippen LogP contribution in [0.2, 0.25) is 0 Å². The van der Waals surface area contributed by atoms with E-state index < -0.39 is 11.1 Å². The Labute approximate surface area is 216 Å². The number of thioether (sulfide) groups is 3. The molecule has 0 saturated heterocycles. The van der Waals surface area contributed by atoms with E-state index in [1.54, 1.807) is 49.3 Å². The number of nitrogens with one attached hydrogen (secondary N) is 1. The third-order valence-electron chi connectivity index (χ3n) is 5.39. The number of aryl methyl sites for hydroxylation is 1. The Morgan fingerprint density at radius 3 is 2.19 bits per heavy atom. The summed E-state index contributed by atoms with van der Waals surface area (Å²) in [6.45, 7) is 8.02. The molecule has 7 nitrogen and oxygen atoms in total. The van der Waals surface area contributed by atoms with Crippen molar-refractivity contribution in [1.29, 1.82) is 0 Å². The fourth-order valence-electron chi connectivity index (χ4n) is 3.52. The van der Waals surface area contributed by atoms with Crippen molar-refractivity contribution in [2.75, 3.05) is 24.3 Å². The van der Waals surface area contributed by atoms with Crippen molar-refractivity contribution in [2.45, 2.75) is 44.3 Å². The number of amides is 1. The topological polar surface area (TPSA) is 92.2 Å². The lowest BCUT2D eigenvalue weighted by Crippen LogP contribution is -2.33. The molecule has 0 unspecified atom stereocenters. The Bertz CT molecular complexity index is 1100. The maximum absolute atomic E-state index is 12.0. The molecule has 0 bridgehead atoms. The summed E-state index contributed by atoms with van der Waals surface area (Å²) in [5.41, 5.74) is -1.06. The van der Waals surface area contributed by atoms with Gasteiger partial charge in [0.2, 0.25) is 5.89 Å². The van der Waals surface area contributed by atoms with Crippen molar-refractivity contribution in [1.82, 2.24) is 10.3 Å². The van der Waals surface area contributed by atoms with Gasteiger partial charge < -0.3 is 9.73 Å². The second-order valence-corrected chi connectivity index (χ2v) is 14.1. The van der Waals surface area contributed by atoms with Crippen LogP contribution >= 0.6 is 67.1 Å². The lowest BCUT2D eigenvalue weighted by molar-refractivity contribution is 0.0957. The molecule has 172 valence electrons. The van der Waals surface area contributed by atoms with Crippen LogP contribution in [0.15, 0.2) is 28.9 Å². The van der Waals surface area contributed by atoms with E-state index in [1.165, 1.54) is 0 Å². The number of halogens is 2. The SMILES string of the molecule is CNC(=O)c1nc([C@]2(C)CSC([C@]3(C)CSC([C@]4(C)CSC(C=C(Br)Br)=N4)=N3)=N2)oc1C. The third kappa shape index (κ3) is 4.54. The molecule has 4 rings (SSSR count). The van der Waals surface area contributed by atoms with Gasteiger partial charge in [0.15, 0.2) is 5.69 Å². The molecule has 0 radical (unpaired) electrons. The third-order valence-corrected chi connectivity index (χ3v) is 10.1. The Kier molecular flexibility index (Phi) is 6.83. The van der Waals surface area contributed by atoms with E-state index in [9.17, 15) is 4.79 Å². The minimum Gasteiger partial charge on any atom is -0.442 e. The summed E-state index contributed by atoms with van der Waals surface area (Å²) in [6.07, 6.45) is 1.98. The fraction of sp³-hybridized carbons (Fsp3) is 0.550. The number of hydrogen-bond acceptors (Lipinski definition) is 9. The number of aromatic nitrogens is 1. The molecule has 1 aromatic rings. The summed E-state index contributed by atoms with van der Waals surface area (Å²) in [5.74, 6) is 3.09. The highest BCUT2D eigenvalue weighted by molar-refractivity contribution is 9.28. The van der Waals surface area contributed by atoms with Gasteiger partial charge in [-0.05, 0) is 65.6 Å². The predicted molar refractivity (Wildman–Crippen MR) is 144 cm³/mol. The lowest BCUT2D eigenvalue weighted by atomic mass is 10.0.